The minimum Gasteiger partial charge on any atom is -0.395 e. The predicted octanol–water partition coefficient (Wildman–Crippen LogP) is 1.57. The molecule has 5 nitrogen and oxygen atoms in total. The van der Waals surface area contributed by atoms with Gasteiger partial charge in [0.05, 0.1) is 11.4 Å². The van der Waals surface area contributed by atoms with Gasteiger partial charge in [-0.1, -0.05) is 6.07 Å². The summed E-state index contributed by atoms with van der Waals surface area (Å²) < 4.78 is 13.1. The Balaban J connectivity index is 1.80. The van der Waals surface area contributed by atoms with Crippen molar-refractivity contribution in [2.24, 2.45) is 0 Å². The third-order valence-electron chi connectivity index (χ3n) is 2.42. The number of hydrogen-bond donors (Lipinski definition) is 3. The van der Waals surface area contributed by atoms with Gasteiger partial charge in [0.15, 0.2) is 0 Å². The Hall–Kier alpha value is -2.11. The molecule has 4 N–H and O–H groups in total. The number of benzene rings is 1. The van der Waals surface area contributed by atoms with Crippen molar-refractivity contribution in [2.45, 2.75) is 12.8 Å². The van der Waals surface area contributed by atoms with Crippen molar-refractivity contribution >= 4 is 11.4 Å². The number of halogens is 1. The Kier molecular flexibility index (Phi) is 3.54. The molecule has 0 amide bonds. The molecule has 0 aliphatic heterocycles. The fourth-order valence-electron chi connectivity index (χ4n) is 1.52. The maximum atomic E-state index is 13.1. The number of nitrogens with two attached hydrogens (primary N) is 1. The Morgan fingerprint density at radius 3 is 3.06 bits per heavy atom. The molecule has 6 heteroatoms. The van der Waals surface area contributed by atoms with Gasteiger partial charge in [-0.2, -0.15) is 5.10 Å². The first kappa shape index (κ1) is 11.4. The first-order valence-electron chi connectivity index (χ1n) is 5.39. The number of nitrogens with one attached hydrogen (secondary N) is 2. The van der Waals surface area contributed by atoms with E-state index < -0.39 is 5.82 Å². The van der Waals surface area contributed by atoms with E-state index in [1.165, 1.54) is 12.4 Å². The van der Waals surface area contributed by atoms with Gasteiger partial charge in [0.2, 0.25) is 0 Å². The summed E-state index contributed by atoms with van der Waals surface area (Å²) in [5.41, 5.74) is 6.38. The van der Waals surface area contributed by atoms with Crippen LogP contribution in [0.3, 0.4) is 0 Å². The van der Waals surface area contributed by atoms with E-state index >= 15 is 0 Å². The molecule has 1 aromatic heterocycles. The Labute approximate surface area is 98.3 Å². The molecule has 0 aliphatic carbocycles. The molecule has 0 bridgehead atoms. The average Bonchev–Trinajstić information content (AvgIpc) is 2.83. The van der Waals surface area contributed by atoms with Crippen LogP contribution in [-0.2, 0) is 6.42 Å². The molecule has 90 valence electrons. The van der Waals surface area contributed by atoms with Gasteiger partial charge in [-0.3, -0.25) is 5.10 Å². The lowest BCUT2D eigenvalue weighted by Crippen LogP contribution is -2.06. The normalized spacial score (nSPS) is 10.4. The SMILES string of the molecule is Nc1c(F)cccc1NCCCc1ncn[nH]1. The van der Waals surface area contributed by atoms with Gasteiger partial charge in [-0.15, -0.1) is 0 Å². The van der Waals surface area contributed by atoms with Crippen molar-refractivity contribution in [1.82, 2.24) is 15.2 Å². The first-order valence-corrected chi connectivity index (χ1v) is 5.39. The first-order chi connectivity index (χ1) is 8.27. The lowest BCUT2D eigenvalue weighted by Gasteiger charge is -2.08. The van der Waals surface area contributed by atoms with Gasteiger partial charge >= 0.3 is 0 Å². The van der Waals surface area contributed by atoms with Crippen LogP contribution in [0.2, 0.25) is 0 Å². The number of aromatic amines is 1. The third-order valence-corrected chi connectivity index (χ3v) is 2.42. The molecule has 0 saturated carbocycles. The van der Waals surface area contributed by atoms with E-state index in [4.69, 9.17) is 5.73 Å². The quantitative estimate of drug-likeness (QED) is 0.543. The van der Waals surface area contributed by atoms with Crippen molar-refractivity contribution < 1.29 is 4.39 Å². The molecule has 0 atom stereocenters. The Morgan fingerprint density at radius 2 is 2.29 bits per heavy atom. The van der Waals surface area contributed by atoms with E-state index in [1.807, 2.05) is 0 Å². The van der Waals surface area contributed by atoms with Crippen LogP contribution in [0, 0.1) is 5.82 Å². The van der Waals surface area contributed by atoms with Crippen LogP contribution >= 0.6 is 0 Å². The van der Waals surface area contributed by atoms with Crippen LogP contribution in [-0.4, -0.2) is 21.7 Å². The van der Waals surface area contributed by atoms with Crippen LogP contribution in [0.15, 0.2) is 24.5 Å². The second kappa shape index (κ2) is 5.29. The van der Waals surface area contributed by atoms with Crippen LogP contribution in [0.5, 0.6) is 0 Å². The summed E-state index contributed by atoms with van der Waals surface area (Å²) in [6.07, 6.45) is 3.14. The number of aryl methyl sites for hydroxylation is 1. The number of hydrogen-bond acceptors (Lipinski definition) is 4. The molecule has 1 aromatic carbocycles. The highest BCUT2D eigenvalue weighted by atomic mass is 19.1. The summed E-state index contributed by atoms with van der Waals surface area (Å²) in [5, 5.41) is 9.63. The number of nitrogen functional groups attached to an aromatic ring is 1. The molecule has 0 radical (unpaired) electrons. The summed E-state index contributed by atoms with van der Waals surface area (Å²) in [5.74, 6) is 0.448. The molecule has 0 fully saturated rings. The van der Waals surface area contributed by atoms with Crippen molar-refractivity contribution in [2.75, 3.05) is 17.6 Å². The van der Waals surface area contributed by atoms with Crippen molar-refractivity contribution in [1.29, 1.82) is 0 Å². The van der Waals surface area contributed by atoms with Gasteiger partial charge in [-0.05, 0) is 18.6 Å². The molecular weight excluding hydrogens is 221 g/mol. The number of aromatic nitrogens is 3. The zero-order valence-electron chi connectivity index (χ0n) is 9.28. The van der Waals surface area contributed by atoms with Gasteiger partial charge < -0.3 is 11.1 Å². The van der Waals surface area contributed by atoms with Crippen molar-refractivity contribution in [3.63, 3.8) is 0 Å². The van der Waals surface area contributed by atoms with Crippen LogP contribution in [0.4, 0.5) is 15.8 Å². The fraction of sp³-hybridized carbons (Fsp3) is 0.273. The molecule has 17 heavy (non-hydrogen) atoms. The number of nitrogens with zero attached hydrogens (tertiary/aromatic N) is 2. The third kappa shape index (κ3) is 2.93. The zero-order chi connectivity index (χ0) is 12.1. The van der Waals surface area contributed by atoms with E-state index in [2.05, 4.69) is 20.5 Å². The van der Waals surface area contributed by atoms with Crippen molar-refractivity contribution in [3.05, 3.63) is 36.2 Å². The molecule has 1 heterocycles. The maximum absolute atomic E-state index is 13.1. The largest absolute Gasteiger partial charge is 0.395 e. The molecule has 0 aliphatic rings. The van der Waals surface area contributed by atoms with Crippen LogP contribution < -0.4 is 11.1 Å². The predicted molar refractivity (Wildman–Crippen MR) is 64.0 cm³/mol. The fourth-order valence-corrected chi connectivity index (χ4v) is 1.52. The van der Waals surface area contributed by atoms with Gasteiger partial charge in [-0.25, -0.2) is 9.37 Å². The minimum absolute atomic E-state index is 0.159. The highest BCUT2D eigenvalue weighted by Crippen LogP contribution is 2.20. The number of anilines is 2. The van der Waals surface area contributed by atoms with E-state index in [0.29, 0.717) is 12.2 Å². The topological polar surface area (TPSA) is 79.6 Å². The average molecular weight is 235 g/mol. The summed E-state index contributed by atoms with van der Waals surface area (Å²) in [7, 11) is 0. The highest BCUT2D eigenvalue weighted by molar-refractivity contribution is 5.66. The van der Waals surface area contributed by atoms with Gasteiger partial charge in [0.25, 0.3) is 0 Å². The number of para-hydroxylation sites is 1. The van der Waals surface area contributed by atoms with E-state index in [1.54, 1.807) is 12.1 Å². The van der Waals surface area contributed by atoms with Crippen LogP contribution in [0.1, 0.15) is 12.2 Å². The number of rotatable bonds is 5. The molecule has 2 aromatic rings. The van der Waals surface area contributed by atoms with Gasteiger partial charge in [0.1, 0.15) is 18.0 Å². The van der Waals surface area contributed by atoms with E-state index in [9.17, 15) is 4.39 Å². The lowest BCUT2D eigenvalue weighted by atomic mass is 10.2. The van der Waals surface area contributed by atoms with Crippen LogP contribution in [0.25, 0.3) is 0 Å². The maximum Gasteiger partial charge on any atom is 0.148 e. The molecule has 0 saturated heterocycles. The summed E-state index contributed by atoms with van der Waals surface area (Å²) in [4.78, 5) is 4.01. The van der Waals surface area contributed by atoms with E-state index in [-0.39, 0.29) is 5.69 Å². The number of H-pyrrole nitrogens is 1. The molecular formula is C11H14FN5. The second-order valence-electron chi connectivity index (χ2n) is 3.66. The van der Waals surface area contributed by atoms with Gasteiger partial charge in [0, 0.05) is 13.0 Å². The molecule has 2 rings (SSSR count). The summed E-state index contributed by atoms with van der Waals surface area (Å²) >= 11 is 0. The summed E-state index contributed by atoms with van der Waals surface area (Å²) in [6.45, 7) is 0.703. The Bertz CT molecular complexity index is 469. The Morgan fingerprint density at radius 1 is 1.41 bits per heavy atom. The summed E-state index contributed by atoms with van der Waals surface area (Å²) in [6, 6.07) is 4.73. The van der Waals surface area contributed by atoms with E-state index in [0.717, 1.165) is 18.7 Å². The minimum atomic E-state index is -0.398. The lowest BCUT2D eigenvalue weighted by molar-refractivity contribution is 0.633. The molecule has 0 unspecified atom stereocenters. The monoisotopic (exact) mass is 235 g/mol. The van der Waals surface area contributed by atoms with Crippen molar-refractivity contribution in [3.8, 4) is 0 Å². The highest BCUT2D eigenvalue weighted by Gasteiger charge is 2.03. The smallest absolute Gasteiger partial charge is 0.148 e. The molecule has 0 spiro atoms. The zero-order valence-corrected chi connectivity index (χ0v) is 9.28. The standard InChI is InChI=1S/C11H14FN5/c12-8-3-1-4-9(11(8)13)14-6-2-5-10-15-7-16-17-10/h1,3-4,7,14H,2,5-6,13H2,(H,15,16,17). The second-order valence-corrected chi connectivity index (χ2v) is 3.66.